The van der Waals surface area contributed by atoms with Crippen LogP contribution in [0, 0.1) is 0 Å². The van der Waals surface area contributed by atoms with Crippen LogP contribution in [-0.2, 0) is 6.42 Å². The molecule has 5 heteroatoms. The summed E-state index contributed by atoms with van der Waals surface area (Å²) in [6.07, 6.45) is 2.26. The number of carbonyl (C=O) groups excluding carboxylic acids is 2. The van der Waals surface area contributed by atoms with E-state index < -0.39 is 0 Å². The van der Waals surface area contributed by atoms with Gasteiger partial charge in [-0.2, -0.15) is 0 Å². The maximum Gasteiger partial charge on any atom is 0.267 e. The molecule has 20 heavy (non-hydrogen) atoms. The van der Waals surface area contributed by atoms with Gasteiger partial charge in [-0.1, -0.05) is 23.7 Å². The number of amides is 1. The lowest BCUT2D eigenvalue weighted by atomic mass is 10.1. The first-order chi connectivity index (χ1) is 9.56. The number of aromatic nitrogens is 1. The van der Waals surface area contributed by atoms with Crippen molar-refractivity contribution in [3.63, 3.8) is 0 Å². The first-order valence-corrected chi connectivity index (χ1v) is 6.66. The van der Waals surface area contributed by atoms with Crippen molar-refractivity contribution in [3.05, 3.63) is 58.4 Å². The van der Waals surface area contributed by atoms with E-state index in [4.69, 9.17) is 11.6 Å². The molecule has 0 saturated carbocycles. The highest BCUT2D eigenvalue weighted by molar-refractivity contribution is 6.30. The Kier molecular flexibility index (Phi) is 4.58. The van der Waals surface area contributed by atoms with E-state index >= 15 is 0 Å². The molecule has 0 aliphatic carbocycles. The Morgan fingerprint density at radius 3 is 2.55 bits per heavy atom. The van der Waals surface area contributed by atoms with Gasteiger partial charge in [0.2, 0.25) is 0 Å². The predicted molar refractivity (Wildman–Crippen MR) is 78.3 cm³/mol. The summed E-state index contributed by atoms with van der Waals surface area (Å²) >= 11 is 5.80. The van der Waals surface area contributed by atoms with Crippen molar-refractivity contribution < 1.29 is 9.59 Å². The second-order valence-corrected chi connectivity index (χ2v) is 4.93. The van der Waals surface area contributed by atoms with Gasteiger partial charge in [0.15, 0.2) is 5.78 Å². The van der Waals surface area contributed by atoms with Crippen LogP contribution < -0.4 is 5.32 Å². The van der Waals surface area contributed by atoms with Gasteiger partial charge >= 0.3 is 0 Å². The Balaban J connectivity index is 1.85. The number of Topliss-reactive ketones (excluding diaryl/α,β-unsaturated/α-hetero) is 1. The Labute approximate surface area is 122 Å². The van der Waals surface area contributed by atoms with Crippen LogP contribution in [0.15, 0.2) is 36.5 Å². The van der Waals surface area contributed by atoms with Crippen LogP contribution in [0.25, 0.3) is 0 Å². The van der Waals surface area contributed by atoms with Crippen molar-refractivity contribution in [1.29, 1.82) is 0 Å². The van der Waals surface area contributed by atoms with Crippen molar-refractivity contribution in [3.8, 4) is 0 Å². The first kappa shape index (κ1) is 14.3. The molecule has 2 N–H and O–H groups in total. The standard InChI is InChI=1S/C15H15ClN2O2/c1-10(19)12-8-14(18-9-12)15(20)17-7-6-11-2-4-13(16)5-3-11/h2-5,8-9,18H,6-7H2,1H3,(H,17,20). The maximum absolute atomic E-state index is 11.9. The van der Waals surface area contributed by atoms with Crippen LogP contribution in [0.1, 0.15) is 33.3 Å². The van der Waals surface area contributed by atoms with Crippen molar-refractivity contribution >= 4 is 23.3 Å². The van der Waals surface area contributed by atoms with Crippen molar-refractivity contribution in [1.82, 2.24) is 10.3 Å². The normalized spacial score (nSPS) is 10.3. The van der Waals surface area contributed by atoms with E-state index in [1.165, 1.54) is 13.1 Å². The Hall–Kier alpha value is -2.07. The van der Waals surface area contributed by atoms with Gasteiger partial charge in [-0.15, -0.1) is 0 Å². The third-order valence-corrected chi connectivity index (χ3v) is 3.20. The number of benzene rings is 1. The highest BCUT2D eigenvalue weighted by Gasteiger charge is 2.09. The van der Waals surface area contributed by atoms with E-state index in [9.17, 15) is 9.59 Å². The van der Waals surface area contributed by atoms with Gasteiger partial charge in [0.1, 0.15) is 5.69 Å². The molecule has 1 heterocycles. The lowest BCUT2D eigenvalue weighted by Gasteiger charge is -2.04. The fraction of sp³-hybridized carbons (Fsp3) is 0.200. The molecule has 0 aliphatic heterocycles. The molecule has 0 unspecified atom stereocenters. The number of aromatic amines is 1. The molecule has 2 rings (SSSR count). The quantitative estimate of drug-likeness (QED) is 0.832. The van der Waals surface area contributed by atoms with Gasteiger partial charge in [-0.3, -0.25) is 9.59 Å². The Morgan fingerprint density at radius 1 is 1.25 bits per heavy atom. The molecule has 1 aromatic carbocycles. The Morgan fingerprint density at radius 2 is 1.95 bits per heavy atom. The third-order valence-electron chi connectivity index (χ3n) is 2.95. The molecule has 4 nitrogen and oxygen atoms in total. The largest absolute Gasteiger partial charge is 0.356 e. The second kappa shape index (κ2) is 6.39. The smallest absolute Gasteiger partial charge is 0.267 e. The summed E-state index contributed by atoms with van der Waals surface area (Å²) in [6, 6.07) is 9.06. The molecular formula is C15H15ClN2O2. The van der Waals surface area contributed by atoms with E-state index in [1.54, 1.807) is 6.07 Å². The molecule has 0 bridgehead atoms. The topological polar surface area (TPSA) is 62.0 Å². The zero-order chi connectivity index (χ0) is 14.5. The summed E-state index contributed by atoms with van der Waals surface area (Å²) in [6.45, 7) is 1.99. The average Bonchev–Trinajstić information content (AvgIpc) is 2.91. The minimum Gasteiger partial charge on any atom is -0.356 e. The molecule has 2 aromatic rings. The number of rotatable bonds is 5. The summed E-state index contributed by atoms with van der Waals surface area (Å²) in [5, 5.41) is 3.50. The summed E-state index contributed by atoms with van der Waals surface area (Å²) in [4.78, 5) is 25.8. The summed E-state index contributed by atoms with van der Waals surface area (Å²) in [5.74, 6) is -0.284. The van der Waals surface area contributed by atoms with Gasteiger partial charge < -0.3 is 10.3 Å². The number of nitrogens with one attached hydrogen (secondary N) is 2. The lowest BCUT2D eigenvalue weighted by molar-refractivity contribution is 0.0949. The highest BCUT2D eigenvalue weighted by atomic mass is 35.5. The van der Waals surface area contributed by atoms with Gasteiger partial charge in [-0.05, 0) is 37.1 Å². The number of ketones is 1. The van der Waals surface area contributed by atoms with E-state index in [2.05, 4.69) is 10.3 Å². The van der Waals surface area contributed by atoms with Crippen LogP contribution in [0.2, 0.25) is 5.02 Å². The number of hydrogen-bond acceptors (Lipinski definition) is 2. The highest BCUT2D eigenvalue weighted by Crippen LogP contribution is 2.09. The number of hydrogen-bond donors (Lipinski definition) is 2. The van der Waals surface area contributed by atoms with Crippen molar-refractivity contribution in [2.24, 2.45) is 0 Å². The van der Waals surface area contributed by atoms with Crippen LogP contribution in [0.4, 0.5) is 0 Å². The van der Waals surface area contributed by atoms with E-state index in [-0.39, 0.29) is 11.7 Å². The van der Waals surface area contributed by atoms with Crippen LogP contribution >= 0.6 is 11.6 Å². The summed E-state index contributed by atoms with van der Waals surface area (Å²) in [7, 11) is 0. The minimum absolute atomic E-state index is 0.0681. The Bertz CT molecular complexity index is 617. The number of carbonyl (C=O) groups is 2. The fourth-order valence-electron chi connectivity index (χ4n) is 1.80. The van der Waals surface area contributed by atoms with Crippen LogP contribution in [0.3, 0.4) is 0 Å². The number of H-pyrrole nitrogens is 1. The van der Waals surface area contributed by atoms with Gasteiger partial charge in [0.25, 0.3) is 5.91 Å². The van der Waals surface area contributed by atoms with E-state index in [1.807, 2.05) is 24.3 Å². The van der Waals surface area contributed by atoms with Gasteiger partial charge in [0, 0.05) is 23.3 Å². The van der Waals surface area contributed by atoms with Gasteiger partial charge in [-0.25, -0.2) is 0 Å². The van der Waals surface area contributed by atoms with Crippen LogP contribution in [-0.4, -0.2) is 23.2 Å². The van der Waals surface area contributed by atoms with Gasteiger partial charge in [0.05, 0.1) is 0 Å². The molecule has 0 spiro atoms. The molecule has 0 aliphatic rings. The molecule has 104 valence electrons. The molecule has 1 amide bonds. The predicted octanol–water partition coefficient (Wildman–Crippen LogP) is 2.84. The molecule has 1 aromatic heterocycles. The molecule has 0 fully saturated rings. The van der Waals surface area contributed by atoms with Crippen molar-refractivity contribution in [2.75, 3.05) is 6.54 Å². The molecule has 0 saturated heterocycles. The monoisotopic (exact) mass is 290 g/mol. The second-order valence-electron chi connectivity index (χ2n) is 4.49. The fourth-order valence-corrected chi connectivity index (χ4v) is 1.92. The van der Waals surface area contributed by atoms with E-state index in [0.717, 1.165) is 12.0 Å². The maximum atomic E-state index is 11.9. The van der Waals surface area contributed by atoms with E-state index in [0.29, 0.717) is 22.8 Å². The average molecular weight is 291 g/mol. The SMILES string of the molecule is CC(=O)c1c[nH]c(C(=O)NCCc2ccc(Cl)cc2)c1. The first-order valence-electron chi connectivity index (χ1n) is 6.28. The molecule has 0 atom stereocenters. The zero-order valence-electron chi connectivity index (χ0n) is 11.1. The summed E-state index contributed by atoms with van der Waals surface area (Å²) < 4.78 is 0. The summed E-state index contributed by atoms with van der Waals surface area (Å²) in [5.41, 5.74) is 2.00. The zero-order valence-corrected chi connectivity index (χ0v) is 11.8. The third kappa shape index (κ3) is 3.71. The molecule has 0 radical (unpaired) electrons. The number of halogens is 1. The lowest BCUT2D eigenvalue weighted by Crippen LogP contribution is -2.25. The van der Waals surface area contributed by atoms with Crippen LogP contribution in [0.5, 0.6) is 0 Å². The van der Waals surface area contributed by atoms with Crippen molar-refractivity contribution in [2.45, 2.75) is 13.3 Å². The molecular weight excluding hydrogens is 276 g/mol. The minimum atomic E-state index is -0.216.